The van der Waals surface area contributed by atoms with Gasteiger partial charge in [-0.2, -0.15) is 0 Å². The van der Waals surface area contributed by atoms with Gasteiger partial charge in [0.05, 0.1) is 24.5 Å². The van der Waals surface area contributed by atoms with Crippen LogP contribution in [-0.2, 0) is 4.79 Å². The molecule has 0 aliphatic heterocycles. The summed E-state index contributed by atoms with van der Waals surface area (Å²) in [5.41, 5.74) is -1.06. The van der Waals surface area contributed by atoms with Crippen LogP contribution in [-0.4, -0.2) is 51.9 Å². The zero-order valence-corrected chi connectivity index (χ0v) is 18.4. The molecule has 4 rings (SSSR count). The van der Waals surface area contributed by atoms with Crippen LogP contribution < -0.4 is 24.4 Å². The van der Waals surface area contributed by atoms with Crippen molar-refractivity contribution in [2.75, 3.05) is 19.1 Å². The number of aromatic nitrogens is 4. The van der Waals surface area contributed by atoms with Gasteiger partial charge in [0, 0.05) is 19.2 Å². The molecular formula is C21H19ClN6O5. The van der Waals surface area contributed by atoms with Gasteiger partial charge >= 0.3 is 6.09 Å². The molecule has 1 aliphatic rings. The van der Waals surface area contributed by atoms with Gasteiger partial charge in [-0.05, 0) is 31.0 Å². The first-order valence-corrected chi connectivity index (χ1v) is 10.2. The second-order valence-electron chi connectivity index (χ2n) is 7.16. The van der Waals surface area contributed by atoms with E-state index < -0.39 is 11.6 Å². The smallest absolute Gasteiger partial charge is 0.413 e. The minimum atomic E-state index is -1.06. The van der Waals surface area contributed by atoms with Crippen molar-refractivity contribution in [3.63, 3.8) is 0 Å². The Morgan fingerprint density at radius 2 is 1.85 bits per heavy atom. The van der Waals surface area contributed by atoms with Crippen LogP contribution >= 0.6 is 11.6 Å². The number of nitrogens with one attached hydrogen (secondary N) is 1. The quantitative estimate of drug-likeness (QED) is 0.553. The van der Waals surface area contributed by atoms with Gasteiger partial charge in [0.15, 0.2) is 11.6 Å². The van der Waals surface area contributed by atoms with Crippen LogP contribution in [0.3, 0.4) is 0 Å². The van der Waals surface area contributed by atoms with Gasteiger partial charge in [-0.1, -0.05) is 11.6 Å². The number of ether oxygens (including phenoxy) is 3. The van der Waals surface area contributed by atoms with E-state index in [9.17, 15) is 9.59 Å². The average molecular weight is 471 g/mol. The van der Waals surface area contributed by atoms with E-state index in [0.717, 1.165) is 0 Å². The maximum Gasteiger partial charge on any atom is 0.413 e. The van der Waals surface area contributed by atoms with E-state index in [0.29, 0.717) is 29.4 Å². The maximum absolute atomic E-state index is 13.0. The summed E-state index contributed by atoms with van der Waals surface area (Å²) in [6.07, 6.45) is 4.18. The largest absolute Gasteiger partial charge is 0.497 e. The standard InChI is InChI=1S/C21H19ClN6O5/c1-28(19(29)21(7-8-21)25-20(30)32-14-10-23-12-24-11-14)17-5-6-18(27-26-17)33-16-4-3-13(31-2)9-15(16)22/h3-6,9-12H,7-8H2,1-2H3,(H,25,30). The lowest BCUT2D eigenvalue weighted by molar-refractivity contribution is -0.121. The summed E-state index contributed by atoms with van der Waals surface area (Å²) in [7, 11) is 3.09. The van der Waals surface area contributed by atoms with Crippen LogP contribution in [0.5, 0.6) is 23.1 Å². The van der Waals surface area contributed by atoms with Gasteiger partial charge in [0.1, 0.15) is 23.4 Å². The van der Waals surface area contributed by atoms with E-state index in [1.807, 2.05) is 0 Å². The summed E-state index contributed by atoms with van der Waals surface area (Å²) in [5.74, 6) is 1.28. The molecule has 170 valence electrons. The summed E-state index contributed by atoms with van der Waals surface area (Å²) in [6.45, 7) is 0. The first-order chi connectivity index (χ1) is 15.9. The van der Waals surface area contributed by atoms with Gasteiger partial charge in [-0.3, -0.25) is 9.69 Å². The molecule has 2 amide bonds. The van der Waals surface area contributed by atoms with E-state index in [4.69, 9.17) is 25.8 Å². The first-order valence-electron chi connectivity index (χ1n) is 9.78. The van der Waals surface area contributed by atoms with Crippen molar-refractivity contribution in [3.8, 4) is 23.1 Å². The number of amides is 2. The molecule has 1 aliphatic carbocycles. The molecule has 0 spiro atoms. The summed E-state index contributed by atoms with van der Waals surface area (Å²) in [5, 5.41) is 11.0. The molecule has 33 heavy (non-hydrogen) atoms. The molecule has 0 atom stereocenters. The number of rotatable bonds is 7. The lowest BCUT2D eigenvalue weighted by atomic mass is 10.2. The minimum Gasteiger partial charge on any atom is -0.497 e. The van der Waals surface area contributed by atoms with Crippen molar-refractivity contribution in [2.45, 2.75) is 18.4 Å². The molecule has 11 nitrogen and oxygen atoms in total. The highest BCUT2D eigenvalue weighted by Crippen LogP contribution is 2.38. The van der Waals surface area contributed by atoms with Crippen molar-refractivity contribution < 1.29 is 23.8 Å². The van der Waals surface area contributed by atoms with E-state index >= 15 is 0 Å². The van der Waals surface area contributed by atoms with E-state index in [1.165, 1.54) is 30.7 Å². The average Bonchev–Trinajstić information content (AvgIpc) is 3.60. The molecule has 0 saturated heterocycles. The number of benzene rings is 1. The van der Waals surface area contributed by atoms with Crippen molar-refractivity contribution in [1.82, 2.24) is 25.5 Å². The van der Waals surface area contributed by atoms with E-state index in [-0.39, 0.29) is 23.4 Å². The fourth-order valence-corrected chi connectivity index (χ4v) is 3.17. The number of anilines is 1. The number of hydrogen-bond acceptors (Lipinski definition) is 9. The predicted molar refractivity (Wildman–Crippen MR) is 117 cm³/mol. The number of carbonyl (C=O) groups excluding carboxylic acids is 2. The molecule has 1 saturated carbocycles. The number of halogens is 1. The van der Waals surface area contributed by atoms with Crippen molar-refractivity contribution in [3.05, 3.63) is 54.1 Å². The van der Waals surface area contributed by atoms with Crippen LogP contribution in [0.15, 0.2) is 49.1 Å². The first kappa shape index (κ1) is 22.2. The number of hydrogen-bond donors (Lipinski definition) is 1. The van der Waals surface area contributed by atoms with Crippen LogP contribution in [0.25, 0.3) is 0 Å². The molecule has 2 aromatic heterocycles. The van der Waals surface area contributed by atoms with E-state index in [1.54, 1.807) is 37.4 Å². The molecule has 1 N–H and O–H groups in total. The molecule has 1 aromatic carbocycles. The normalized spacial score (nSPS) is 13.5. The molecule has 0 radical (unpaired) electrons. The second kappa shape index (κ2) is 9.25. The zero-order valence-electron chi connectivity index (χ0n) is 17.7. The Balaban J connectivity index is 1.39. The molecule has 3 aromatic rings. The molecule has 0 bridgehead atoms. The van der Waals surface area contributed by atoms with Gasteiger partial charge in [-0.25, -0.2) is 14.8 Å². The Kier molecular flexibility index (Phi) is 6.22. The third kappa shape index (κ3) is 5.09. The van der Waals surface area contributed by atoms with Gasteiger partial charge in [-0.15, -0.1) is 10.2 Å². The molecular weight excluding hydrogens is 452 g/mol. The Hall–Kier alpha value is -3.99. The molecule has 2 heterocycles. The lowest BCUT2D eigenvalue weighted by Crippen LogP contribution is -2.50. The Morgan fingerprint density at radius 1 is 1.09 bits per heavy atom. The van der Waals surface area contributed by atoms with Gasteiger partial charge < -0.3 is 19.5 Å². The third-order valence-electron chi connectivity index (χ3n) is 4.88. The van der Waals surface area contributed by atoms with E-state index in [2.05, 4.69) is 25.5 Å². The van der Waals surface area contributed by atoms with Gasteiger partial charge in [0.2, 0.25) is 5.88 Å². The van der Waals surface area contributed by atoms with Crippen molar-refractivity contribution >= 4 is 29.4 Å². The topological polar surface area (TPSA) is 129 Å². The lowest BCUT2D eigenvalue weighted by Gasteiger charge is -2.23. The summed E-state index contributed by atoms with van der Waals surface area (Å²) in [4.78, 5) is 34.0. The monoisotopic (exact) mass is 470 g/mol. The molecule has 1 fully saturated rings. The maximum atomic E-state index is 13.0. The van der Waals surface area contributed by atoms with Crippen LogP contribution in [0.2, 0.25) is 5.02 Å². The zero-order chi connectivity index (χ0) is 23.4. The summed E-state index contributed by atoms with van der Waals surface area (Å²) >= 11 is 6.17. The third-order valence-corrected chi connectivity index (χ3v) is 5.17. The Morgan fingerprint density at radius 3 is 2.45 bits per heavy atom. The van der Waals surface area contributed by atoms with Crippen molar-refractivity contribution in [2.24, 2.45) is 0 Å². The SMILES string of the molecule is COc1ccc(Oc2ccc(N(C)C(=O)C3(NC(=O)Oc4cncnc4)CC3)nn2)c(Cl)c1. The minimum absolute atomic E-state index is 0.171. The number of methoxy groups -OCH3 is 1. The summed E-state index contributed by atoms with van der Waals surface area (Å²) in [6, 6.07) is 8.10. The highest BCUT2D eigenvalue weighted by Gasteiger charge is 2.53. The Bertz CT molecular complexity index is 1160. The fraction of sp³-hybridized carbons (Fsp3) is 0.238. The van der Waals surface area contributed by atoms with Crippen LogP contribution in [0.1, 0.15) is 12.8 Å². The molecule has 0 unspecified atom stereocenters. The number of carbonyl (C=O) groups is 2. The fourth-order valence-electron chi connectivity index (χ4n) is 2.96. The highest BCUT2D eigenvalue weighted by atomic mass is 35.5. The summed E-state index contributed by atoms with van der Waals surface area (Å²) < 4.78 is 15.9. The van der Waals surface area contributed by atoms with Crippen LogP contribution in [0.4, 0.5) is 10.6 Å². The highest BCUT2D eigenvalue weighted by molar-refractivity contribution is 6.32. The Labute approximate surface area is 193 Å². The number of likely N-dealkylation sites (N-methyl/N-ethyl adjacent to an activating group) is 1. The van der Waals surface area contributed by atoms with Crippen molar-refractivity contribution in [1.29, 1.82) is 0 Å². The predicted octanol–water partition coefficient (Wildman–Crippen LogP) is 3.00. The number of nitrogens with zero attached hydrogens (tertiary/aromatic N) is 5. The van der Waals surface area contributed by atoms with Gasteiger partial charge in [0.25, 0.3) is 5.91 Å². The molecule has 12 heteroatoms. The second-order valence-corrected chi connectivity index (χ2v) is 7.57. The van der Waals surface area contributed by atoms with Crippen LogP contribution in [0, 0.1) is 0 Å².